The largest absolute Gasteiger partial charge is 0.384 e. The van der Waals surface area contributed by atoms with Crippen LogP contribution in [0.1, 0.15) is 43.2 Å². The van der Waals surface area contributed by atoms with Crippen LogP contribution in [0.3, 0.4) is 0 Å². The van der Waals surface area contributed by atoms with E-state index in [0.717, 1.165) is 45.3 Å². The number of ketones is 1. The molecule has 1 atom stereocenters. The molecule has 1 aromatic heterocycles. The summed E-state index contributed by atoms with van der Waals surface area (Å²) in [5, 5.41) is 12.8. The maximum Gasteiger partial charge on any atom is 0.161 e. The fourth-order valence-corrected chi connectivity index (χ4v) is 6.52. The van der Waals surface area contributed by atoms with Crippen molar-refractivity contribution in [2.45, 2.75) is 43.2 Å². The van der Waals surface area contributed by atoms with E-state index in [2.05, 4.69) is 13.0 Å². The van der Waals surface area contributed by atoms with Crippen LogP contribution in [0.2, 0.25) is 5.02 Å². The van der Waals surface area contributed by atoms with Gasteiger partial charge in [-0.1, -0.05) is 24.6 Å². The van der Waals surface area contributed by atoms with Crippen molar-refractivity contribution >= 4 is 46.2 Å². The highest BCUT2D eigenvalue weighted by molar-refractivity contribution is 8.01. The van der Waals surface area contributed by atoms with Crippen molar-refractivity contribution in [1.82, 2.24) is 0 Å². The summed E-state index contributed by atoms with van der Waals surface area (Å²) >= 11 is 9.78. The van der Waals surface area contributed by atoms with Gasteiger partial charge in [0.25, 0.3) is 0 Å². The third-order valence-corrected chi connectivity index (χ3v) is 8.20. The smallest absolute Gasteiger partial charge is 0.161 e. The number of thiophene rings is 1. The maximum atomic E-state index is 13.2. The van der Waals surface area contributed by atoms with Gasteiger partial charge in [0.15, 0.2) is 5.78 Å². The van der Waals surface area contributed by atoms with Crippen molar-refractivity contribution in [1.29, 1.82) is 5.26 Å². The van der Waals surface area contributed by atoms with Gasteiger partial charge >= 0.3 is 0 Å². The first-order chi connectivity index (χ1) is 14.5. The van der Waals surface area contributed by atoms with E-state index in [1.54, 1.807) is 23.1 Å². The molecule has 2 heterocycles. The highest BCUT2D eigenvalue weighted by atomic mass is 35.5. The number of carbonyl (C=O) groups is 1. The average Bonchev–Trinajstić information content (AvgIpc) is 3.18. The molecule has 1 aliphatic carbocycles. The molecular weight excluding hydrogens is 434 g/mol. The molecule has 1 aromatic carbocycles. The number of hydrogen-bond donors (Lipinski definition) is 1. The number of nitrogens with zero attached hydrogens (tertiary/aromatic N) is 2. The standard InChI is InChI=1S/C23H22ClN3OS2/c1-3-29-23-14(10-11-30-23)20-15(12-25)22(26)27(17-7-4-6-16(24)13(17)2)18-8-5-9-19(28)21(18)20/h4,6-7,10-11,20H,3,5,8-9,26H2,1-2H3/t20-/m0/s1. The van der Waals surface area contributed by atoms with Crippen LogP contribution in [-0.4, -0.2) is 11.5 Å². The summed E-state index contributed by atoms with van der Waals surface area (Å²) in [4.78, 5) is 15.1. The predicted molar refractivity (Wildman–Crippen MR) is 125 cm³/mol. The topological polar surface area (TPSA) is 70.1 Å². The van der Waals surface area contributed by atoms with Crippen LogP contribution >= 0.6 is 34.7 Å². The Morgan fingerprint density at radius 2 is 2.17 bits per heavy atom. The Labute approximate surface area is 190 Å². The van der Waals surface area contributed by atoms with Gasteiger partial charge in [-0.25, -0.2) is 0 Å². The summed E-state index contributed by atoms with van der Waals surface area (Å²) in [5.74, 6) is 1.01. The zero-order valence-electron chi connectivity index (χ0n) is 16.9. The van der Waals surface area contributed by atoms with E-state index >= 15 is 0 Å². The Hall–Kier alpha value is -2.20. The molecule has 30 heavy (non-hydrogen) atoms. The Bertz CT molecular complexity index is 1130. The summed E-state index contributed by atoms with van der Waals surface area (Å²) in [6.45, 7) is 4.04. The van der Waals surface area contributed by atoms with Crippen LogP contribution in [0.4, 0.5) is 5.69 Å². The first-order valence-corrected chi connectivity index (χ1v) is 12.1. The minimum absolute atomic E-state index is 0.102. The van der Waals surface area contributed by atoms with E-state index in [1.807, 2.05) is 41.5 Å². The number of anilines is 1. The van der Waals surface area contributed by atoms with Gasteiger partial charge in [-0.2, -0.15) is 5.26 Å². The summed E-state index contributed by atoms with van der Waals surface area (Å²) < 4.78 is 1.14. The highest BCUT2D eigenvalue weighted by Crippen LogP contribution is 2.49. The predicted octanol–water partition coefficient (Wildman–Crippen LogP) is 6.13. The van der Waals surface area contributed by atoms with Crippen molar-refractivity contribution in [3.05, 3.63) is 68.5 Å². The molecule has 0 bridgehead atoms. The second-order valence-electron chi connectivity index (χ2n) is 7.30. The molecule has 4 nitrogen and oxygen atoms in total. The second kappa shape index (κ2) is 8.50. The maximum absolute atomic E-state index is 13.2. The lowest BCUT2D eigenvalue weighted by atomic mass is 9.76. The van der Waals surface area contributed by atoms with Gasteiger partial charge in [0, 0.05) is 22.7 Å². The number of hydrogen-bond acceptors (Lipinski definition) is 6. The first kappa shape index (κ1) is 21.0. The number of benzene rings is 1. The number of nitriles is 1. The van der Waals surface area contributed by atoms with E-state index in [1.165, 1.54) is 0 Å². The Morgan fingerprint density at radius 3 is 2.90 bits per heavy atom. The first-order valence-electron chi connectivity index (χ1n) is 9.91. The third-order valence-electron chi connectivity index (χ3n) is 5.64. The molecule has 4 rings (SSSR count). The molecule has 7 heteroatoms. The fraction of sp³-hybridized carbons (Fsp3) is 0.304. The number of carbonyl (C=O) groups excluding carboxylic acids is 1. The Kier molecular flexibility index (Phi) is 5.97. The SMILES string of the molecule is CCSc1sccc1[C@H]1C(C#N)=C(N)N(c2cccc(Cl)c2C)C2=C1C(=O)CCC2. The van der Waals surface area contributed by atoms with E-state index in [-0.39, 0.29) is 5.78 Å². The summed E-state index contributed by atoms with van der Waals surface area (Å²) in [6.07, 6.45) is 2.01. The van der Waals surface area contributed by atoms with Crippen LogP contribution in [0, 0.1) is 18.3 Å². The number of nitrogens with two attached hydrogens (primary N) is 1. The van der Waals surface area contributed by atoms with Gasteiger partial charge in [0.1, 0.15) is 5.82 Å². The lowest BCUT2D eigenvalue weighted by molar-refractivity contribution is -0.116. The van der Waals surface area contributed by atoms with E-state index in [4.69, 9.17) is 17.3 Å². The number of allylic oxidation sites excluding steroid dienone is 3. The monoisotopic (exact) mass is 455 g/mol. The van der Waals surface area contributed by atoms with Crippen LogP contribution in [-0.2, 0) is 4.79 Å². The van der Waals surface area contributed by atoms with E-state index in [0.29, 0.717) is 28.4 Å². The molecule has 0 unspecified atom stereocenters. The lowest BCUT2D eigenvalue weighted by Gasteiger charge is -2.40. The highest BCUT2D eigenvalue weighted by Gasteiger charge is 2.41. The molecule has 1 aliphatic heterocycles. The zero-order valence-corrected chi connectivity index (χ0v) is 19.3. The quantitative estimate of drug-likeness (QED) is 0.561. The molecule has 0 saturated heterocycles. The van der Waals surface area contributed by atoms with Crippen LogP contribution in [0.5, 0.6) is 0 Å². The molecule has 2 aliphatic rings. The molecule has 2 aromatic rings. The molecule has 2 N–H and O–H groups in total. The molecule has 0 fully saturated rings. The molecule has 0 saturated carbocycles. The van der Waals surface area contributed by atoms with Gasteiger partial charge < -0.3 is 5.73 Å². The number of rotatable bonds is 4. The minimum atomic E-state index is -0.408. The van der Waals surface area contributed by atoms with Crippen LogP contribution < -0.4 is 10.6 Å². The van der Waals surface area contributed by atoms with Gasteiger partial charge in [0.2, 0.25) is 0 Å². The van der Waals surface area contributed by atoms with Crippen molar-refractivity contribution in [2.24, 2.45) is 5.73 Å². The van der Waals surface area contributed by atoms with Gasteiger partial charge in [0.05, 0.1) is 27.5 Å². The van der Waals surface area contributed by atoms with Crippen molar-refractivity contribution < 1.29 is 4.79 Å². The molecule has 0 radical (unpaired) electrons. The van der Waals surface area contributed by atoms with Crippen LogP contribution in [0.25, 0.3) is 0 Å². The average molecular weight is 456 g/mol. The van der Waals surface area contributed by atoms with Gasteiger partial charge in [-0.15, -0.1) is 23.1 Å². The van der Waals surface area contributed by atoms with Gasteiger partial charge in [-0.05, 0) is 60.2 Å². The number of Topliss-reactive ketones (excluding diaryl/α,β-unsaturated/α-hetero) is 1. The Balaban J connectivity index is 1.99. The lowest BCUT2D eigenvalue weighted by Crippen LogP contribution is -2.39. The fourth-order valence-electron chi connectivity index (χ4n) is 4.28. The second-order valence-corrected chi connectivity index (χ2v) is 10.2. The minimum Gasteiger partial charge on any atom is -0.384 e. The van der Waals surface area contributed by atoms with Crippen molar-refractivity contribution in [3.8, 4) is 6.07 Å². The number of thioether (sulfide) groups is 1. The third kappa shape index (κ3) is 3.35. The normalized spacial score (nSPS) is 19.2. The molecular formula is C23H22ClN3OS2. The van der Waals surface area contributed by atoms with E-state index < -0.39 is 5.92 Å². The van der Waals surface area contributed by atoms with Gasteiger partial charge in [-0.3, -0.25) is 9.69 Å². The zero-order chi connectivity index (χ0) is 21.4. The molecule has 0 spiro atoms. The molecule has 0 amide bonds. The number of halogens is 1. The molecule has 154 valence electrons. The summed E-state index contributed by atoms with van der Waals surface area (Å²) in [6, 6.07) is 10.0. The Morgan fingerprint density at radius 1 is 1.37 bits per heavy atom. The van der Waals surface area contributed by atoms with E-state index in [9.17, 15) is 10.1 Å². The summed E-state index contributed by atoms with van der Waals surface area (Å²) in [7, 11) is 0. The summed E-state index contributed by atoms with van der Waals surface area (Å²) in [5.41, 5.74) is 11.4. The van der Waals surface area contributed by atoms with Crippen molar-refractivity contribution in [2.75, 3.05) is 10.7 Å². The van der Waals surface area contributed by atoms with Crippen molar-refractivity contribution in [3.63, 3.8) is 0 Å². The van der Waals surface area contributed by atoms with Crippen LogP contribution in [0.15, 0.2) is 56.5 Å².